The predicted molar refractivity (Wildman–Crippen MR) is 91.1 cm³/mol. The van der Waals surface area contributed by atoms with Crippen LogP contribution in [0, 0.1) is 0 Å². The average Bonchev–Trinajstić information content (AvgIpc) is 3.24. The minimum absolute atomic E-state index is 0.0247. The third kappa shape index (κ3) is 2.22. The Hall–Kier alpha value is -2.83. The fraction of sp³-hybridized carbons (Fsp3) is 0.389. The van der Waals surface area contributed by atoms with E-state index in [0.29, 0.717) is 23.6 Å². The van der Waals surface area contributed by atoms with Crippen molar-refractivity contribution in [2.75, 3.05) is 27.7 Å². The zero-order valence-corrected chi connectivity index (χ0v) is 14.5. The molecule has 25 heavy (non-hydrogen) atoms. The summed E-state index contributed by atoms with van der Waals surface area (Å²) >= 11 is 0. The summed E-state index contributed by atoms with van der Waals surface area (Å²) in [6.07, 6.45) is 3.39. The molecule has 2 aromatic rings. The van der Waals surface area contributed by atoms with Crippen molar-refractivity contribution in [3.8, 4) is 11.4 Å². The molecular weight excluding hydrogens is 320 g/mol. The minimum atomic E-state index is -0.148. The molecule has 0 saturated carbocycles. The Bertz CT molecular complexity index is 871. The summed E-state index contributed by atoms with van der Waals surface area (Å²) in [5.41, 5.74) is 2.53. The van der Waals surface area contributed by atoms with E-state index in [1.807, 2.05) is 21.6 Å². The number of amides is 2. The molecule has 2 aliphatic heterocycles. The van der Waals surface area contributed by atoms with Gasteiger partial charge in [0.1, 0.15) is 12.1 Å². The smallest absolute Gasteiger partial charge is 0.273 e. The molecule has 0 radical (unpaired) electrons. The molecule has 1 fully saturated rings. The highest BCUT2D eigenvalue weighted by Gasteiger charge is 2.40. The van der Waals surface area contributed by atoms with Crippen molar-refractivity contribution < 1.29 is 14.3 Å². The van der Waals surface area contributed by atoms with Crippen molar-refractivity contribution in [1.29, 1.82) is 0 Å². The van der Waals surface area contributed by atoms with Crippen LogP contribution in [0.15, 0.2) is 24.5 Å². The number of aromatic nitrogens is 2. The summed E-state index contributed by atoms with van der Waals surface area (Å²) in [5, 5.41) is 0. The molecule has 0 N–H and O–H groups in total. The molecule has 2 amide bonds. The molecule has 130 valence electrons. The second-order valence-electron chi connectivity index (χ2n) is 6.59. The number of ether oxygens (including phenoxy) is 1. The Balaban J connectivity index is 1.98. The van der Waals surface area contributed by atoms with Gasteiger partial charge in [0.15, 0.2) is 5.69 Å². The lowest BCUT2D eigenvalue weighted by Crippen LogP contribution is -2.31. The van der Waals surface area contributed by atoms with Gasteiger partial charge in [-0.3, -0.25) is 14.2 Å². The molecule has 4 rings (SSSR count). The summed E-state index contributed by atoms with van der Waals surface area (Å²) < 4.78 is 7.18. The first-order chi connectivity index (χ1) is 12.0. The third-order valence-electron chi connectivity index (χ3n) is 4.94. The number of carbonyl (C=O) groups is 2. The summed E-state index contributed by atoms with van der Waals surface area (Å²) in [6, 6.07) is 5.30. The topological polar surface area (TPSA) is 67.7 Å². The molecule has 0 aliphatic carbocycles. The average molecular weight is 340 g/mol. The number of carbonyl (C=O) groups excluding carboxylic acids is 2. The number of methoxy groups -OCH3 is 1. The van der Waals surface area contributed by atoms with Gasteiger partial charge in [0.25, 0.3) is 11.8 Å². The monoisotopic (exact) mass is 340 g/mol. The highest BCUT2D eigenvalue weighted by molar-refractivity contribution is 6.00. The number of hydrogen-bond donors (Lipinski definition) is 0. The van der Waals surface area contributed by atoms with Crippen molar-refractivity contribution >= 4 is 11.8 Å². The third-order valence-corrected chi connectivity index (χ3v) is 4.94. The highest BCUT2D eigenvalue weighted by Crippen LogP contribution is 2.40. The van der Waals surface area contributed by atoms with Crippen molar-refractivity contribution in [2.24, 2.45) is 0 Å². The first-order valence-corrected chi connectivity index (χ1v) is 8.31. The van der Waals surface area contributed by atoms with Crippen molar-refractivity contribution in [1.82, 2.24) is 19.4 Å². The fourth-order valence-corrected chi connectivity index (χ4v) is 3.72. The Morgan fingerprint density at radius 3 is 2.88 bits per heavy atom. The van der Waals surface area contributed by atoms with E-state index < -0.39 is 0 Å². The van der Waals surface area contributed by atoms with E-state index in [0.717, 1.165) is 24.2 Å². The van der Waals surface area contributed by atoms with Gasteiger partial charge in [0.2, 0.25) is 0 Å². The highest BCUT2D eigenvalue weighted by atomic mass is 16.5. The number of imidazole rings is 1. The maximum Gasteiger partial charge on any atom is 0.273 e. The lowest BCUT2D eigenvalue weighted by Gasteiger charge is -2.23. The molecule has 1 aromatic carbocycles. The van der Waals surface area contributed by atoms with Crippen molar-refractivity contribution in [2.45, 2.75) is 18.9 Å². The lowest BCUT2D eigenvalue weighted by atomic mass is 10.1. The number of hydrogen-bond acceptors (Lipinski definition) is 4. The van der Waals surface area contributed by atoms with E-state index in [1.54, 1.807) is 33.6 Å². The minimum Gasteiger partial charge on any atom is -0.497 e. The van der Waals surface area contributed by atoms with E-state index in [4.69, 9.17) is 4.74 Å². The second-order valence-corrected chi connectivity index (χ2v) is 6.59. The molecule has 2 aliphatic rings. The van der Waals surface area contributed by atoms with Crippen LogP contribution in [0.5, 0.6) is 5.75 Å². The normalized spacial score (nSPS) is 18.3. The van der Waals surface area contributed by atoms with E-state index in [1.165, 1.54) is 4.90 Å². The molecule has 1 atom stereocenters. The van der Waals surface area contributed by atoms with Crippen LogP contribution in [0.25, 0.3) is 5.69 Å². The van der Waals surface area contributed by atoms with E-state index >= 15 is 0 Å². The van der Waals surface area contributed by atoms with Crippen molar-refractivity contribution in [3.63, 3.8) is 0 Å². The second kappa shape index (κ2) is 5.61. The zero-order chi connectivity index (χ0) is 17.7. The van der Waals surface area contributed by atoms with Crippen molar-refractivity contribution in [3.05, 3.63) is 41.5 Å². The first kappa shape index (κ1) is 15.7. The number of rotatable bonds is 2. The molecule has 1 unspecified atom stereocenters. The van der Waals surface area contributed by atoms with E-state index in [9.17, 15) is 9.59 Å². The van der Waals surface area contributed by atoms with Gasteiger partial charge in [-0.25, -0.2) is 4.98 Å². The molecule has 7 heteroatoms. The maximum atomic E-state index is 13.1. The molecule has 1 aromatic heterocycles. The zero-order valence-electron chi connectivity index (χ0n) is 14.5. The summed E-state index contributed by atoms with van der Waals surface area (Å²) in [5.74, 6) is 0.462. The van der Waals surface area contributed by atoms with Gasteiger partial charge in [0.05, 0.1) is 30.1 Å². The van der Waals surface area contributed by atoms with Gasteiger partial charge in [-0.1, -0.05) is 0 Å². The Labute approximate surface area is 145 Å². The Kier molecular flexibility index (Phi) is 3.52. The maximum absolute atomic E-state index is 13.1. The summed E-state index contributed by atoms with van der Waals surface area (Å²) in [6.45, 7) is 0.681. The van der Waals surface area contributed by atoms with Crippen LogP contribution in [-0.2, 0) is 0 Å². The predicted octanol–water partition coefficient (Wildman–Crippen LogP) is 1.87. The lowest BCUT2D eigenvalue weighted by molar-refractivity contribution is 0.0729. The molecular formula is C18H20N4O3. The summed E-state index contributed by atoms with van der Waals surface area (Å²) in [7, 11) is 5.00. The quantitative estimate of drug-likeness (QED) is 0.837. The van der Waals surface area contributed by atoms with Crippen LogP contribution in [-0.4, -0.2) is 58.9 Å². The molecule has 7 nitrogen and oxygen atoms in total. The number of fused-ring (bicyclic) bond motifs is 5. The van der Waals surface area contributed by atoms with Crippen LogP contribution in [0.2, 0.25) is 0 Å². The van der Waals surface area contributed by atoms with Crippen LogP contribution in [0.3, 0.4) is 0 Å². The summed E-state index contributed by atoms with van der Waals surface area (Å²) in [4.78, 5) is 33.5. The fourth-order valence-electron chi connectivity index (χ4n) is 3.72. The van der Waals surface area contributed by atoms with Gasteiger partial charge < -0.3 is 14.5 Å². The standard InChI is InChI=1S/C18H20N4O3/c1-20(2)18(24)15-16-14-5-4-8-21(14)17(23)12-9-11(25-3)6-7-13(12)22(16)10-19-15/h6-7,9-10,14H,4-5,8H2,1-3H3. The number of benzene rings is 1. The largest absolute Gasteiger partial charge is 0.497 e. The van der Waals surface area contributed by atoms with Gasteiger partial charge in [0, 0.05) is 20.6 Å². The SMILES string of the molecule is COc1ccc2c(c1)C(=O)N1CCCC1c1c(C(=O)N(C)C)ncn1-2. The van der Waals surface area contributed by atoms with Gasteiger partial charge in [-0.05, 0) is 31.0 Å². The van der Waals surface area contributed by atoms with Gasteiger partial charge in [-0.2, -0.15) is 0 Å². The van der Waals surface area contributed by atoms with Crippen LogP contribution < -0.4 is 4.74 Å². The van der Waals surface area contributed by atoms with Gasteiger partial charge in [-0.15, -0.1) is 0 Å². The van der Waals surface area contributed by atoms with E-state index in [-0.39, 0.29) is 17.9 Å². The molecule has 0 bridgehead atoms. The molecule has 1 saturated heterocycles. The molecule has 3 heterocycles. The number of nitrogens with zero attached hydrogens (tertiary/aromatic N) is 4. The van der Waals surface area contributed by atoms with Crippen LogP contribution in [0.1, 0.15) is 45.4 Å². The van der Waals surface area contributed by atoms with E-state index in [2.05, 4.69) is 4.98 Å². The molecule has 0 spiro atoms. The van der Waals surface area contributed by atoms with Crippen LogP contribution >= 0.6 is 0 Å². The first-order valence-electron chi connectivity index (χ1n) is 8.31. The van der Waals surface area contributed by atoms with Gasteiger partial charge >= 0.3 is 0 Å². The van der Waals surface area contributed by atoms with Crippen LogP contribution in [0.4, 0.5) is 0 Å². The Morgan fingerprint density at radius 2 is 2.16 bits per heavy atom. The Morgan fingerprint density at radius 1 is 1.36 bits per heavy atom.